The molecule has 7 nitrogen and oxygen atoms in total. The van der Waals surface area contributed by atoms with E-state index in [9.17, 15) is 9.59 Å². The predicted molar refractivity (Wildman–Crippen MR) is 92.4 cm³/mol. The standard InChI is InChI=1S/C18H24N4O3/c1-12-4-3-5-16(19-12)20-8-6-13(7-9-20)22-17(23)15-10-14(25-2)11-21(15)18(22)24/h3-5,13-15H,6-11H2,1-2H3/t14-,15+/m0/s1. The van der Waals surface area contributed by atoms with Gasteiger partial charge in [0, 0.05) is 44.9 Å². The summed E-state index contributed by atoms with van der Waals surface area (Å²) in [4.78, 5) is 35.4. The molecular formula is C18H24N4O3. The molecule has 0 saturated carbocycles. The molecule has 7 heteroatoms. The number of piperidine rings is 1. The van der Waals surface area contributed by atoms with E-state index in [1.807, 2.05) is 25.1 Å². The summed E-state index contributed by atoms with van der Waals surface area (Å²) >= 11 is 0. The Balaban J connectivity index is 1.42. The van der Waals surface area contributed by atoms with Crippen LogP contribution in [0.5, 0.6) is 0 Å². The van der Waals surface area contributed by atoms with Gasteiger partial charge in [-0.3, -0.25) is 9.69 Å². The maximum Gasteiger partial charge on any atom is 0.327 e. The Hall–Kier alpha value is -2.15. The van der Waals surface area contributed by atoms with E-state index < -0.39 is 0 Å². The fourth-order valence-corrected chi connectivity index (χ4v) is 4.20. The number of hydrogen-bond acceptors (Lipinski definition) is 5. The Morgan fingerprint density at radius 1 is 1.20 bits per heavy atom. The van der Waals surface area contributed by atoms with Crippen LogP contribution in [-0.4, -0.2) is 71.7 Å². The van der Waals surface area contributed by atoms with Gasteiger partial charge in [0.25, 0.3) is 5.91 Å². The second-order valence-electron chi connectivity index (χ2n) is 7.11. The lowest BCUT2D eigenvalue weighted by Crippen LogP contribution is -2.49. The molecule has 0 aliphatic carbocycles. The second kappa shape index (κ2) is 6.29. The Morgan fingerprint density at radius 2 is 1.96 bits per heavy atom. The van der Waals surface area contributed by atoms with E-state index in [2.05, 4.69) is 9.88 Å². The van der Waals surface area contributed by atoms with E-state index in [4.69, 9.17) is 4.74 Å². The molecule has 3 aliphatic heterocycles. The van der Waals surface area contributed by atoms with Gasteiger partial charge in [-0.05, 0) is 31.9 Å². The first kappa shape index (κ1) is 16.3. The number of methoxy groups -OCH3 is 1. The van der Waals surface area contributed by atoms with Gasteiger partial charge in [-0.1, -0.05) is 6.07 Å². The van der Waals surface area contributed by atoms with Gasteiger partial charge in [-0.15, -0.1) is 0 Å². The van der Waals surface area contributed by atoms with Crippen LogP contribution in [0.4, 0.5) is 10.6 Å². The minimum absolute atomic E-state index is 0.00680. The molecule has 3 saturated heterocycles. The topological polar surface area (TPSA) is 66.0 Å². The average molecular weight is 344 g/mol. The van der Waals surface area contributed by atoms with Gasteiger partial charge in [0.1, 0.15) is 11.9 Å². The minimum atomic E-state index is -0.325. The molecule has 25 heavy (non-hydrogen) atoms. The third-order valence-corrected chi connectivity index (χ3v) is 5.60. The largest absolute Gasteiger partial charge is 0.380 e. The highest BCUT2D eigenvalue weighted by atomic mass is 16.5. The molecule has 3 amide bonds. The molecule has 0 spiro atoms. The van der Waals surface area contributed by atoms with Crippen LogP contribution in [0.3, 0.4) is 0 Å². The van der Waals surface area contributed by atoms with Crippen molar-refractivity contribution in [3.8, 4) is 0 Å². The van der Waals surface area contributed by atoms with Crippen LogP contribution < -0.4 is 4.90 Å². The van der Waals surface area contributed by atoms with E-state index in [1.54, 1.807) is 12.0 Å². The summed E-state index contributed by atoms with van der Waals surface area (Å²) in [5, 5.41) is 0. The maximum atomic E-state index is 12.7. The first-order valence-corrected chi connectivity index (χ1v) is 8.93. The zero-order chi connectivity index (χ0) is 17.6. The van der Waals surface area contributed by atoms with Crippen LogP contribution in [0.25, 0.3) is 0 Å². The summed E-state index contributed by atoms with van der Waals surface area (Å²) in [5.74, 6) is 0.928. The molecule has 0 aromatic carbocycles. The first-order valence-electron chi connectivity index (χ1n) is 8.93. The Labute approximate surface area is 147 Å². The summed E-state index contributed by atoms with van der Waals surface area (Å²) in [6.07, 6.45) is 2.18. The number of carbonyl (C=O) groups is 2. The number of ether oxygens (including phenoxy) is 1. The number of nitrogens with zero attached hydrogens (tertiary/aromatic N) is 4. The molecule has 0 unspecified atom stereocenters. The zero-order valence-corrected chi connectivity index (χ0v) is 14.7. The van der Waals surface area contributed by atoms with Crippen LogP contribution in [0, 0.1) is 6.92 Å². The van der Waals surface area contributed by atoms with Crippen LogP contribution in [0.1, 0.15) is 25.0 Å². The lowest BCUT2D eigenvalue weighted by Gasteiger charge is -2.36. The Bertz CT molecular complexity index is 663. The van der Waals surface area contributed by atoms with Crippen molar-refractivity contribution < 1.29 is 14.3 Å². The molecule has 0 bridgehead atoms. The zero-order valence-electron chi connectivity index (χ0n) is 14.7. The predicted octanol–water partition coefficient (Wildman–Crippen LogP) is 1.41. The van der Waals surface area contributed by atoms with Gasteiger partial charge in [0.2, 0.25) is 0 Å². The summed E-state index contributed by atoms with van der Waals surface area (Å²) < 4.78 is 5.32. The first-order chi connectivity index (χ1) is 12.1. The quantitative estimate of drug-likeness (QED) is 0.776. The third-order valence-electron chi connectivity index (χ3n) is 5.60. The van der Waals surface area contributed by atoms with E-state index >= 15 is 0 Å². The molecule has 1 aromatic heterocycles. The van der Waals surface area contributed by atoms with Crippen LogP contribution >= 0.6 is 0 Å². The Kier molecular flexibility index (Phi) is 4.11. The van der Waals surface area contributed by atoms with E-state index in [1.165, 1.54) is 4.90 Å². The number of urea groups is 1. The average Bonchev–Trinajstić information content (AvgIpc) is 3.15. The minimum Gasteiger partial charge on any atom is -0.380 e. The number of pyridine rings is 1. The Morgan fingerprint density at radius 3 is 2.60 bits per heavy atom. The highest BCUT2D eigenvalue weighted by molar-refractivity contribution is 6.05. The van der Waals surface area contributed by atoms with Crippen molar-refractivity contribution in [2.24, 2.45) is 0 Å². The highest BCUT2D eigenvalue weighted by Crippen LogP contribution is 2.33. The lowest BCUT2D eigenvalue weighted by atomic mass is 10.0. The van der Waals surface area contributed by atoms with Crippen LogP contribution in [0.15, 0.2) is 18.2 Å². The lowest BCUT2D eigenvalue weighted by molar-refractivity contribution is -0.130. The van der Waals surface area contributed by atoms with Crippen molar-refractivity contribution >= 4 is 17.8 Å². The van der Waals surface area contributed by atoms with E-state index in [-0.39, 0.29) is 30.1 Å². The number of amides is 3. The smallest absolute Gasteiger partial charge is 0.327 e. The van der Waals surface area contributed by atoms with Crippen molar-refractivity contribution in [2.75, 3.05) is 31.6 Å². The number of anilines is 1. The summed E-state index contributed by atoms with van der Waals surface area (Å²) in [7, 11) is 1.63. The molecule has 0 N–H and O–H groups in total. The van der Waals surface area contributed by atoms with Crippen molar-refractivity contribution in [2.45, 2.75) is 44.4 Å². The van der Waals surface area contributed by atoms with E-state index in [0.29, 0.717) is 13.0 Å². The number of aromatic nitrogens is 1. The van der Waals surface area contributed by atoms with Gasteiger partial charge >= 0.3 is 6.03 Å². The molecule has 4 rings (SSSR count). The van der Waals surface area contributed by atoms with Gasteiger partial charge in [0.15, 0.2) is 0 Å². The molecule has 134 valence electrons. The number of imide groups is 1. The highest BCUT2D eigenvalue weighted by Gasteiger charge is 2.52. The molecule has 0 radical (unpaired) electrons. The summed E-state index contributed by atoms with van der Waals surface area (Å²) in [6.45, 7) is 4.12. The normalized spacial score (nSPS) is 27.4. The molecular weight excluding hydrogens is 320 g/mol. The number of fused-ring (bicyclic) bond motifs is 1. The molecule has 3 aliphatic rings. The number of aryl methyl sites for hydroxylation is 1. The van der Waals surface area contributed by atoms with Crippen molar-refractivity contribution in [1.82, 2.24) is 14.8 Å². The molecule has 4 heterocycles. The molecule has 2 atom stereocenters. The number of carbonyl (C=O) groups excluding carboxylic acids is 2. The van der Waals surface area contributed by atoms with Gasteiger partial charge < -0.3 is 14.5 Å². The fourth-order valence-electron chi connectivity index (χ4n) is 4.20. The monoisotopic (exact) mass is 344 g/mol. The van der Waals surface area contributed by atoms with Crippen molar-refractivity contribution in [3.05, 3.63) is 23.9 Å². The second-order valence-corrected chi connectivity index (χ2v) is 7.11. The van der Waals surface area contributed by atoms with E-state index in [0.717, 1.165) is 37.4 Å². The third kappa shape index (κ3) is 2.76. The maximum absolute atomic E-state index is 12.7. The van der Waals surface area contributed by atoms with Gasteiger partial charge in [-0.25, -0.2) is 9.78 Å². The van der Waals surface area contributed by atoms with Crippen molar-refractivity contribution in [1.29, 1.82) is 0 Å². The van der Waals surface area contributed by atoms with Crippen molar-refractivity contribution in [3.63, 3.8) is 0 Å². The van der Waals surface area contributed by atoms with Gasteiger partial charge in [-0.2, -0.15) is 0 Å². The van der Waals surface area contributed by atoms with Crippen LogP contribution in [-0.2, 0) is 9.53 Å². The number of rotatable bonds is 3. The molecule has 3 fully saturated rings. The summed E-state index contributed by atoms with van der Waals surface area (Å²) in [6, 6.07) is 5.54. The van der Waals surface area contributed by atoms with Gasteiger partial charge in [0.05, 0.1) is 6.10 Å². The number of hydrogen-bond donors (Lipinski definition) is 0. The van der Waals surface area contributed by atoms with Crippen LogP contribution in [0.2, 0.25) is 0 Å². The SMILES string of the molecule is CO[C@H]1C[C@@H]2C(=O)N(C3CCN(c4cccc(C)n4)CC3)C(=O)N2C1. The summed E-state index contributed by atoms with van der Waals surface area (Å²) in [5.41, 5.74) is 0.998. The molecule has 1 aromatic rings. The fraction of sp³-hybridized carbons (Fsp3) is 0.611.